The van der Waals surface area contributed by atoms with Crippen molar-refractivity contribution in [2.75, 3.05) is 18.0 Å². The number of rotatable bonds is 4. The average Bonchev–Trinajstić information content (AvgIpc) is 2.95. The van der Waals surface area contributed by atoms with Crippen molar-refractivity contribution >= 4 is 17.5 Å². The monoisotopic (exact) mass is 326 g/mol. The molecule has 1 heterocycles. The van der Waals surface area contributed by atoms with E-state index >= 15 is 0 Å². The summed E-state index contributed by atoms with van der Waals surface area (Å²) in [6.45, 7) is 3.01. The van der Waals surface area contributed by atoms with E-state index in [0.717, 1.165) is 11.3 Å². The van der Waals surface area contributed by atoms with Crippen LogP contribution in [0, 0.1) is 18.7 Å². The normalized spacial score (nSPS) is 17.2. The van der Waals surface area contributed by atoms with E-state index in [-0.39, 0.29) is 23.5 Å². The van der Waals surface area contributed by atoms with Crippen LogP contribution in [-0.2, 0) is 4.79 Å². The van der Waals surface area contributed by atoms with Crippen LogP contribution in [0.25, 0.3) is 0 Å². The number of halogens is 1. The average molecular weight is 326 g/mol. The summed E-state index contributed by atoms with van der Waals surface area (Å²) in [4.78, 5) is 26.0. The van der Waals surface area contributed by atoms with Crippen molar-refractivity contribution in [3.8, 4) is 0 Å². The highest BCUT2D eigenvalue weighted by atomic mass is 19.1. The summed E-state index contributed by atoms with van der Waals surface area (Å²) in [5.41, 5.74) is 2.45. The molecule has 1 saturated heterocycles. The van der Waals surface area contributed by atoms with Crippen LogP contribution in [0.1, 0.15) is 22.3 Å². The summed E-state index contributed by atoms with van der Waals surface area (Å²) in [5, 5.41) is 2.82. The van der Waals surface area contributed by atoms with E-state index in [1.54, 1.807) is 4.90 Å². The highest BCUT2D eigenvalue weighted by Crippen LogP contribution is 2.25. The molecule has 0 aliphatic carbocycles. The van der Waals surface area contributed by atoms with Gasteiger partial charge in [0.05, 0.1) is 0 Å². The third-order valence-electron chi connectivity index (χ3n) is 4.21. The van der Waals surface area contributed by atoms with Crippen LogP contribution in [0.3, 0.4) is 0 Å². The van der Waals surface area contributed by atoms with E-state index in [0.29, 0.717) is 25.1 Å². The topological polar surface area (TPSA) is 49.4 Å². The number of carbonyl (C=O) groups is 2. The molecule has 124 valence electrons. The molecule has 2 amide bonds. The van der Waals surface area contributed by atoms with E-state index in [9.17, 15) is 14.0 Å². The SMILES string of the molecule is Cc1ccc(N2CC(CNC(=O)c3ccc(F)cc3)CC2=O)cc1. The van der Waals surface area contributed by atoms with Crippen molar-refractivity contribution in [1.82, 2.24) is 5.32 Å². The summed E-state index contributed by atoms with van der Waals surface area (Å²) in [6, 6.07) is 13.2. The maximum atomic E-state index is 12.9. The number of hydrogen-bond acceptors (Lipinski definition) is 2. The number of nitrogens with zero attached hydrogens (tertiary/aromatic N) is 1. The van der Waals surface area contributed by atoms with Crippen molar-refractivity contribution < 1.29 is 14.0 Å². The van der Waals surface area contributed by atoms with Crippen molar-refractivity contribution in [2.24, 2.45) is 5.92 Å². The van der Waals surface area contributed by atoms with Crippen LogP contribution >= 0.6 is 0 Å². The zero-order valence-electron chi connectivity index (χ0n) is 13.5. The lowest BCUT2D eigenvalue weighted by molar-refractivity contribution is -0.117. The number of anilines is 1. The van der Waals surface area contributed by atoms with Crippen LogP contribution in [-0.4, -0.2) is 24.9 Å². The molecule has 1 unspecified atom stereocenters. The van der Waals surface area contributed by atoms with Gasteiger partial charge in [-0.25, -0.2) is 4.39 Å². The third-order valence-corrected chi connectivity index (χ3v) is 4.21. The summed E-state index contributed by atoms with van der Waals surface area (Å²) in [7, 11) is 0. The first-order valence-corrected chi connectivity index (χ1v) is 7.94. The van der Waals surface area contributed by atoms with E-state index in [1.165, 1.54) is 24.3 Å². The number of hydrogen-bond donors (Lipinski definition) is 1. The Balaban J connectivity index is 1.57. The molecule has 0 saturated carbocycles. The molecule has 5 heteroatoms. The predicted octanol–water partition coefficient (Wildman–Crippen LogP) is 2.92. The lowest BCUT2D eigenvalue weighted by Gasteiger charge is -2.17. The van der Waals surface area contributed by atoms with Crippen LogP contribution in [0.2, 0.25) is 0 Å². The molecule has 0 radical (unpaired) electrons. The second-order valence-electron chi connectivity index (χ2n) is 6.13. The molecule has 2 aromatic rings. The number of carbonyl (C=O) groups excluding carboxylic acids is 2. The minimum Gasteiger partial charge on any atom is -0.352 e. The molecule has 0 bridgehead atoms. The smallest absolute Gasteiger partial charge is 0.251 e. The number of nitrogens with one attached hydrogen (secondary N) is 1. The van der Waals surface area contributed by atoms with Crippen molar-refractivity contribution in [1.29, 1.82) is 0 Å². The minimum atomic E-state index is -0.373. The first-order chi connectivity index (χ1) is 11.5. The van der Waals surface area contributed by atoms with Gasteiger partial charge in [-0.1, -0.05) is 17.7 Å². The zero-order valence-corrected chi connectivity index (χ0v) is 13.5. The molecule has 3 rings (SSSR count). The van der Waals surface area contributed by atoms with Gasteiger partial charge in [-0.3, -0.25) is 9.59 Å². The highest BCUT2D eigenvalue weighted by molar-refractivity contribution is 5.96. The molecular weight excluding hydrogens is 307 g/mol. The fourth-order valence-electron chi connectivity index (χ4n) is 2.83. The van der Waals surface area contributed by atoms with Crippen LogP contribution in [0.5, 0.6) is 0 Å². The Morgan fingerprint density at radius 2 is 1.83 bits per heavy atom. The van der Waals surface area contributed by atoms with Gasteiger partial charge in [-0.2, -0.15) is 0 Å². The number of amides is 2. The summed E-state index contributed by atoms with van der Waals surface area (Å²) in [5.74, 6) is -0.485. The van der Waals surface area contributed by atoms with Gasteiger partial charge < -0.3 is 10.2 Å². The molecule has 1 aliphatic rings. The van der Waals surface area contributed by atoms with E-state index in [4.69, 9.17) is 0 Å². The van der Waals surface area contributed by atoms with Gasteiger partial charge in [0, 0.05) is 36.7 Å². The van der Waals surface area contributed by atoms with Crippen LogP contribution < -0.4 is 10.2 Å². The fourth-order valence-corrected chi connectivity index (χ4v) is 2.83. The van der Waals surface area contributed by atoms with E-state index in [1.807, 2.05) is 31.2 Å². The molecule has 1 N–H and O–H groups in total. The summed E-state index contributed by atoms with van der Waals surface area (Å²) in [6.07, 6.45) is 0.414. The molecular formula is C19H19FN2O2. The van der Waals surface area contributed by atoms with Gasteiger partial charge in [0.2, 0.25) is 5.91 Å². The second-order valence-corrected chi connectivity index (χ2v) is 6.13. The number of benzene rings is 2. The zero-order chi connectivity index (χ0) is 17.1. The summed E-state index contributed by atoms with van der Waals surface area (Å²) < 4.78 is 12.9. The third kappa shape index (κ3) is 3.62. The van der Waals surface area contributed by atoms with Crippen LogP contribution in [0.15, 0.2) is 48.5 Å². The molecule has 24 heavy (non-hydrogen) atoms. The first kappa shape index (κ1) is 16.2. The van der Waals surface area contributed by atoms with Gasteiger partial charge in [0.15, 0.2) is 0 Å². The molecule has 0 spiro atoms. The largest absolute Gasteiger partial charge is 0.352 e. The molecule has 1 fully saturated rings. The lowest BCUT2D eigenvalue weighted by Crippen LogP contribution is -2.31. The Bertz CT molecular complexity index is 741. The van der Waals surface area contributed by atoms with Gasteiger partial charge in [-0.05, 0) is 43.3 Å². The van der Waals surface area contributed by atoms with Crippen molar-refractivity contribution in [3.63, 3.8) is 0 Å². The lowest BCUT2D eigenvalue weighted by atomic mass is 10.1. The van der Waals surface area contributed by atoms with Crippen LogP contribution in [0.4, 0.5) is 10.1 Å². The molecule has 1 atom stereocenters. The number of aryl methyl sites for hydroxylation is 1. The maximum absolute atomic E-state index is 12.9. The Labute approximate surface area is 140 Å². The Hall–Kier alpha value is -2.69. The quantitative estimate of drug-likeness (QED) is 0.939. The predicted molar refractivity (Wildman–Crippen MR) is 90.4 cm³/mol. The maximum Gasteiger partial charge on any atom is 0.251 e. The Kier molecular flexibility index (Phi) is 4.60. The second kappa shape index (κ2) is 6.83. The van der Waals surface area contributed by atoms with Crippen molar-refractivity contribution in [3.05, 3.63) is 65.5 Å². The molecule has 1 aliphatic heterocycles. The van der Waals surface area contributed by atoms with E-state index < -0.39 is 0 Å². The van der Waals surface area contributed by atoms with E-state index in [2.05, 4.69) is 5.32 Å². The Morgan fingerprint density at radius 3 is 2.50 bits per heavy atom. The van der Waals surface area contributed by atoms with Gasteiger partial charge >= 0.3 is 0 Å². The molecule has 0 aromatic heterocycles. The van der Waals surface area contributed by atoms with Gasteiger partial charge in [0.1, 0.15) is 5.82 Å². The van der Waals surface area contributed by atoms with Gasteiger partial charge in [0.25, 0.3) is 5.91 Å². The summed E-state index contributed by atoms with van der Waals surface area (Å²) >= 11 is 0. The van der Waals surface area contributed by atoms with Gasteiger partial charge in [-0.15, -0.1) is 0 Å². The highest BCUT2D eigenvalue weighted by Gasteiger charge is 2.30. The molecule has 4 nitrogen and oxygen atoms in total. The standard InChI is InChI=1S/C19H19FN2O2/c1-13-2-8-17(9-3-13)22-12-14(10-18(22)23)11-21-19(24)15-4-6-16(20)7-5-15/h2-9,14H,10-12H2,1H3,(H,21,24). The Morgan fingerprint density at radius 1 is 1.17 bits per heavy atom. The fraction of sp³-hybridized carbons (Fsp3) is 0.263. The molecule has 2 aromatic carbocycles. The first-order valence-electron chi connectivity index (χ1n) is 7.94. The van der Waals surface area contributed by atoms with Crippen molar-refractivity contribution in [2.45, 2.75) is 13.3 Å². The minimum absolute atomic E-state index is 0.0693.